The van der Waals surface area contributed by atoms with Gasteiger partial charge in [0, 0.05) is 19.4 Å². The first-order valence-corrected chi connectivity index (χ1v) is 5.09. The Balaban J connectivity index is 4.21. The Kier molecular flexibility index (Phi) is 7.95. The fourth-order valence-electron chi connectivity index (χ4n) is 1.00. The van der Waals surface area contributed by atoms with Crippen LogP contribution >= 0.6 is 0 Å². The molecular formula is C12H21NO. The lowest BCUT2D eigenvalue weighted by atomic mass is 10.1. The first-order valence-electron chi connectivity index (χ1n) is 5.09. The fraction of sp³-hybridized carbons (Fsp3) is 0.500. The summed E-state index contributed by atoms with van der Waals surface area (Å²) in [6.07, 6.45) is 9.01. The predicted octanol–water partition coefficient (Wildman–Crippen LogP) is 2.38. The van der Waals surface area contributed by atoms with Crippen LogP contribution in [0.15, 0.2) is 36.1 Å². The largest absolute Gasteiger partial charge is 0.396 e. The predicted molar refractivity (Wildman–Crippen MR) is 62.0 cm³/mol. The Morgan fingerprint density at radius 3 is 2.64 bits per heavy atom. The average Bonchev–Trinajstić information content (AvgIpc) is 2.21. The minimum absolute atomic E-state index is 0.200. The quantitative estimate of drug-likeness (QED) is 0.611. The van der Waals surface area contributed by atoms with Gasteiger partial charge in [0.25, 0.3) is 0 Å². The highest BCUT2D eigenvalue weighted by Gasteiger charge is 1.91. The van der Waals surface area contributed by atoms with E-state index >= 15 is 0 Å². The number of aliphatic hydroxyl groups excluding tert-OH is 1. The van der Waals surface area contributed by atoms with Gasteiger partial charge in [-0.2, -0.15) is 0 Å². The number of aliphatic hydroxyl groups is 1. The van der Waals surface area contributed by atoms with E-state index in [9.17, 15) is 0 Å². The molecule has 0 radical (unpaired) electrons. The second kappa shape index (κ2) is 8.57. The molecule has 0 aromatic heterocycles. The Morgan fingerprint density at radius 2 is 2.14 bits per heavy atom. The molecule has 80 valence electrons. The zero-order chi connectivity index (χ0) is 10.8. The third kappa shape index (κ3) is 6.49. The van der Waals surface area contributed by atoms with Crippen molar-refractivity contribution >= 4 is 0 Å². The summed E-state index contributed by atoms with van der Waals surface area (Å²) >= 11 is 0. The molecule has 0 saturated carbocycles. The number of hydrogen-bond acceptors (Lipinski definition) is 2. The van der Waals surface area contributed by atoms with E-state index in [1.807, 2.05) is 19.2 Å². The van der Waals surface area contributed by atoms with Crippen LogP contribution in [0.4, 0.5) is 0 Å². The van der Waals surface area contributed by atoms with E-state index in [4.69, 9.17) is 5.11 Å². The third-order valence-electron chi connectivity index (χ3n) is 1.92. The van der Waals surface area contributed by atoms with E-state index in [-0.39, 0.29) is 6.61 Å². The van der Waals surface area contributed by atoms with Gasteiger partial charge in [0.2, 0.25) is 0 Å². The molecule has 0 bridgehead atoms. The molecule has 0 heterocycles. The second-order valence-electron chi connectivity index (χ2n) is 3.15. The van der Waals surface area contributed by atoms with Crippen LogP contribution < -0.4 is 5.32 Å². The van der Waals surface area contributed by atoms with Gasteiger partial charge in [-0.05, 0) is 24.5 Å². The van der Waals surface area contributed by atoms with E-state index in [2.05, 4.69) is 24.9 Å². The molecule has 0 unspecified atom stereocenters. The van der Waals surface area contributed by atoms with Crippen molar-refractivity contribution in [1.82, 2.24) is 5.32 Å². The molecule has 2 N–H and O–H groups in total. The molecule has 0 fully saturated rings. The Bertz CT molecular complexity index is 216. The van der Waals surface area contributed by atoms with Crippen molar-refractivity contribution in [2.24, 2.45) is 0 Å². The highest BCUT2D eigenvalue weighted by atomic mass is 16.2. The standard InChI is InChI=1S/C12H21NO/c1-4-5-6-12(9-10-14)8-7-11(2)13-3/h6-8,13-14H,2,4-5,9-10H2,1,3H3/b8-7-,12-6+. The third-order valence-corrected chi connectivity index (χ3v) is 1.92. The van der Waals surface area contributed by atoms with Gasteiger partial charge in [-0.3, -0.25) is 0 Å². The van der Waals surface area contributed by atoms with Gasteiger partial charge in [0.15, 0.2) is 0 Å². The van der Waals surface area contributed by atoms with Gasteiger partial charge in [0.1, 0.15) is 0 Å². The Labute approximate surface area is 87.0 Å². The maximum atomic E-state index is 8.85. The van der Waals surface area contributed by atoms with Crippen LogP contribution in [-0.4, -0.2) is 18.8 Å². The van der Waals surface area contributed by atoms with Gasteiger partial charge in [-0.25, -0.2) is 0 Å². The van der Waals surface area contributed by atoms with Crippen LogP contribution in [0, 0.1) is 0 Å². The topological polar surface area (TPSA) is 32.3 Å². The first kappa shape index (κ1) is 13.0. The monoisotopic (exact) mass is 195 g/mol. The minimum Gasteiger partial charge on any atom is -0.396 e. The number of likely N-dealkylation sites (N-methyl/N-ethyl adjacent to an activating group) is 1. The SMILES string of the molecule is C=C(/C=C\C(=C/CCC)CCO)NC. The molecule has 0 saturated heterocycles. The smallest absolute Gasteiger partial charge is 0.0471 e. The van der Waals surface area contributed by atoms with Crippen LogP contribution in [0.3, 0.4) is 0 Å². The highest BCUT2D eigenvalue weighted by Crippen LogP contribution is 2.06. The molecule has 2 nitrogen and oxygen atoms in total. The molecule has 0 atom stereocenters. The van der Waals surface area contributed by atoms with E-state index in [1.54, 1.807) is 0 Å². The van der Waals surface area contributed by atoms with Crippen molar-refractivity contribution in [2.75, 3.05) is 13.7 Å². The first-order chi connectivity index (χ1) is 6.74. The Morgan fingerprint density at radius 1 is 1.43 bits per heavy atom. The zero-order valence-electron chi connectivity index (χ0n) is 9.21. The maximum Gasteiger partial charge on any atom is 0.0471 e. The lowest BCUT2D eigenvalue weighted by Crippen LogP contribution is -2.00. The van der Waals surface area contributed by atoms with Crippen LogP contribution in [0.2, 0.25) is 0 Å². The van der Waals surface area contributed by atoms with Crippen molar-refractivity contribution in [3.8, 4) is 0 Å². The average molecular weight is 195 g/mol. The summed E-state index contributed by atoms with van der Waals surface area (Å²) in [6.45, 7) is 6.14. The lowest BCUT2D eigenvalue weighted by Gasteiger charge is -2.00. The summed E-state index contributed by atoms with van der Waals surface area (Å²) in [5.74, 6) is 0. The maximum absolute atomic E-state index is 8.85. The van der Waals surface area contributed by atoms with Crippen LogP contribution in [0.5, 0.6) is 0 Å². The number of unbranched alkanes of at least 4 members (excludes halogenated alkanes) is 1. The number of rotatable bonds is 7. The summed E-state index contributed by atoms with van der Waals surface area (Å²) in [6, 6.07) is 0. The van der Waals surface area contributed by atoms with Crippen LogP contribution in [-0.2, 0) is 0 Å². The molecule has 0 aromatic rings. The zero-order valence-corrected chi connectivity index (χ0v) is 9.21. The van der Waals surface area contributed by atoms with Crippen molar-refractivity contribution in [3.05, 3.63) is 36.1 Å². The molecule has 0 aromatic carbocycles. The van der Waals surface area contributed by atoms with Gasteiger partial charge in [0.05, 0.1) is 0 Å². The van der Waals surface area contributed by atoms with E-state index in [0.29, 0.717) is 6.42 Å². The van der Waals surface area contributed by atoms with Crippen LogP contribution in [0.25, 0.3) is 0 Å². The molecule has 0 amide bonds. The highest BCUT2D eigenvalue weighted by molar-refractivity contribution is 5.25. The van der Waals surface area contributed by atoms with Crippen molar-refractivity contribution < 1.29 is 5.11 Å². The Hall–Kier alpha value is -1.02. The van der Waals surface area contributed by atoms with Crippen molar-refractivity contribution in [3.63, 3.8) is 0 Å². The normalized spacial score (nSPS) is 12.1. The number of allylic oxidation sites excluding steroid dienone is 3. The van der Waals surface area contributed by atoms with Crippen LogP contribution in [0.1, 0.15) is 26.2 Å². The molecule has 14 heavy (non-hydrogen) atoms. The summed E-state index contributed by atoms with van der Waals surface area (Å²) < 4.78 is 0. The minimum atomic E-state index is 0.200. The summed E-state index contributed by atoms with van der Waals surface area (Å²) in [5.41, 5.74) is 2.05. The number of hydrogen-bond donors (Lipinski definition) is 2. The summed E-state index contributed by atoms with van der Waals surface area (Å²) in [4.78, 5) is 0. The van der Waals surface area contributed by atoms with Gasteiger partial charge >= 0.3 is 0 Å². The van der Waals surface area contributed by atoms with E-state index in [1.165, 1.54) is 5.57 Å². The molecule has 0 spiro atoms. The molecule has 0 aliphatic rings. The summed E-state index contributed by atoms with van der Waals surface area (Å²) in [5, 5.41) is 11.8. The molecule has 0 aliphatic heterocycles. The number of nitrogens with one attached hydrogen (secondary N) is 1. The fourth-order valence-corrected chi connectivity index (χ4v) is 1.00. The van der Waals surface area contributed by atoms with Crippen molar-refractivity contribution in [2.45, 2.75) is 26.2 Å². The molecular weight excluding hydrogens is 174 g/mol. The summed E-state index contributed by atoms with van der Waals surface area (Å²) in [7, 11) is 1.84. The van der Waals surface area contributed by atoms with E-state index in [0.717, 1.165) is 18.5 Å². The van der Waals surface area contributed by atoms with Gasteiger partial charge < -0.3 is 10.4 Å². The molecule has 2 heteroatoms. The van der Waals surface area contributed by atoms with Gasteiger partial charge in [-0.15, -0.1) is 0 Å². The van der Waals surface area contributed by atoms with E-state index < -0.39 is 0 Å². The molecule has 0 rings (SSSR count). The van der Waals surface area contributed by atoms with Crippen molar-refractivity contribution in [1.29, 1.82) is 0 Å². The lowest BCUT2D eigenvalue weighted by molar-refractivity contribution is 0.300. The van der Waals surface area contributed by atoms with Gasteiger partial charge in [-0.1, -0.05) is 32.1 Å². The second-order valence-corrected chi connectivity index (χ2v) is 3.15. The molecule has 0 aliphatic carbocycles.